The molecule has 6 nitrogen and oxygen atoms in total. The number of benzene rings is 1. The monoisotopic (exact) mass is 328 g/mol. The number of rotatable bonds is 7. The summed E-state index contributed by atoms with van der Waals surface area (Å²) in [5.41, 5.74) is 5.79. The molecule has 22 heavy (non-hydrogen) atoms. The van der Waals surface area contributed by atoms with Crippen LogP contribution in [0.1, 0.15) is 25.3 Å². The second kappa shape index (κ2) is 6.06. The van der Waals surface area contributed by atoms with E-state index in [0.717, 1.165) is 12.8 Å². The molecule has 1 unspecified atom stereocenters. The molecule has 1 aliphatic rings. The molecule has 0 spiro atoms. The van der Waals surface area contributed by atoms with Crippen LogP contribution in [0, 0.1) is 12.8 Å². The Morgan fingerprint density at radius 2 is 1.82 bits per heavy atom. The molecule has 1 aromatic rings. The number of hydrogen-bond acceptors (Lipinski definition) is 5. The van der Waals surface area contributed by atoms with E-state index in [1.165, 1.54) is 20.3 Å². The predicted molar refractivity (Wildman–Crippen MR) is 84.8 cm³/mol. The van der Waals surface area contributed by atoms with Crippen LogP contribution in [0.25, 0.3) is 0 Å². The highest BCUT2D eigenvalue weighted by Gasteiger charge is 2.43. The summed E-state index contributed by atoms with van der Waals surface area (Å²) >= 11 is 0. The minimum absolute atomic E-state index is 0.186. The zero-order chi connectivity index (χ0) is 16.5. The fraction of sp³-hybridized carbons (Fsp3) is 0.600. The van der Waals surface area contributed by atoms with Crippen LogP contribution >= 0.6 is 0 Å². The predicted octanol–water partition coefficient (Wildman–Crippen LogP) is 1.42. The van der Waals surface area contributed by atoms with Gasteiger partial charge in [0.05, 0.1) is 19.1 Å². The van der Waals surface area contributed by atoms with Gasteiger partial charge in [0.25, 0.3) is 0 Å². The molecule has 1 fully saturated rings. The molecule has 1 aliphatic carbocycles. The Labute approximate surface area is 132 Å². The molecule has 0 bridgehead atoms. The van der Waals surface area contributed by atoms with Crippen LogP contribution in [0.5, 0.6) is 11.5 Å². The number of hydrogen-bond donors (Lipinski definition) is 2. The lowest BCUT2D eigenvalue weighted by Crippen LogP contribution is -2.53. The van der Waals surface area contributed by atoms with Gasteiger partial charge in [0, 0.05) is 18.2 Å². The highest BCUT2D eigenvalue weighted by molar-refractivity contribution is 7.89. The average molecular weight is 328 g/mol. The molecule has 0 saturated heterocycles. The molecule has 3 N–H and O–H groups in total. The Morgan fingerprint density at radius 1 is 1.27 bits per heavy atom. The molecule has 2 rings (SSSR count). The highest BCUT2D eigenvalue weighted by Crippen LogP contribution is 2.40. The van der Waals surface area contributed by atoms with Crippen LogP contribution in [-0.4, -0.2) is 34.7 Å². The van der Waals surface area contributed by atoms with Gasteiger partial charge in [-0.2, -0.15) is 0 Å². The molecule has 124 valence electrons. The van der Waals surface area contributed by atoms with E-state index in [1.807, 2.05) is 6.92 Å². The summed E-state index contributed by atoms with van der Waals surface area (Å²) in [7, 11) is -0.695. The fourth-order valence-electron chi connectivity index (χ4n) is 2.63. The average Bonchev–Trinajstić information content (AvgIpc) is 3.31. The topological polar surface area (TPSA) is 90.7 Å². The summed E-state index contributed by atoms with van der Waals surface area (Å²) in [6.07, 6.45) is 2.00. The Balaban J connectivity index is 2.41. The molecule has 1 saturated carbocycles. The van der Waals surface area contributed by atoms with E-state index in [1.54, 1.807) is 13.0 Å². The summed E-state index contributed by atoms with van der Waals surface area (Å²) < 4.78 is 38.7. The molecule has 0 aromatic heterocycles. The van der Waals surface area contributed by atoms with Gasteiger partial charge >= 0.3 is 0 Å². The standard InChI is InChI=1S/C15H24N2O4S/c1-10-7-12(20-3)13(21-4)8-14(10)22(18,19)17-15(2,9-16)11-5-6-11/h7-8,11,17H,5-6,9,16H2,1-4H3. The second-order valence-electron chi connectivity index (χ2n) is 5.97. The summed E-state index contributed by atoms with van der Waals surface area (Å²) in [5.74, 6) is 1.19. The maximum atomic E-state index is 12.8. The minimum atomic E-state index is -3.69. The quantitative estimate of drug-likeness (QED) is 0.790. The van der Waals surface area contributed by atoms with Crippen molar-refractivity contribution in [1.82, 2.24) is 4.72 Å². The highest BCUT2D eigenvalue weighted by atomic mass is 32.2. The Bertz CT molecular complexity index is 656. The van der Waals surface area contributed by atoms with Crippen LogP contribution < -0.4 is 19.9 Å². The van der Waals surface area contributed by atoms with Crippen molar-refractivity contribution in [3.63, 3.8) is 0 Å². The summed E-state index contributed by atoms with van der Waals surface area (Å²) in [5, 5.41) is 0. The van der Waals surface area contributed by atoms with Crippen molar-refractivity contribution in [3.05, 3.63) is 17.7 Å². The molecule has 0 aliphatic heterocycles. The summed E-state index contributed by atoms with van der Waals surface area (Å²) in [4.78, 5) is 0.186. The molecule has 0 radical (unpaired) electrons. The number of methoxy groups -OCH3 is 2. The van der Waals surface area contributed by atoms with E-state index in [-0.39, 0.29) is 11.4 Å². The van der Waals surface area contributed by atoms with Gasteiger partial charge in [-0.05, 0) is 44.2 Å². The van der Waals surface area contributed by atoms with Gasteiger partial charge in [0.1, 0.15) is 0 Å². The first-order valence-corrected chi connectivity index (χ1v) is 8.72. The van der Waals surface area contributed by atoms with Crippen LogP contribution in [0.4, 0.5) is 0 Å². The van der Waals surface area contributed by atoms with Crippen molar-refractivity contribution in [2.45, 2.75) is 37.1 Å². The lowest BCUT2D eigenvalue weighted by atomic mass is 9.98. The van der Waals surface area contributed by atoms with Gasteiger partial charge in [-0.15, -0.1) is 0 Å². The zero-order valence-corrected chi connectivity index (χ0v) is 14.3. The van der Waals surface area contributed by atoms with Gasteiger partial charge in [-0.1, -0.05) is 0 Å². The van der Waals surface area contributed by atoms with E-state index >= 15 is 0 Å². The molecular weight excluding hydrogens is 304 g/mol. The van der Waals surface area contributed by atoms with Gasteiger partial charge in [0.15, 0.2) is 11.5 Å². The first-order chi connectivity index (χ1) is 10.3. The normalized spacial score (nSPS) is 17.9. The molecule has 0 amide bonds. The molecule has 0 heterocycles. The van der Waals surface area contributed by atoms with Crippen molar-refractivity contribution in [3.8, 4) is 11.5 Å². The van der Waals surface area contributed by atoms with E-state index in [4.69, 9.17) is 15.2 Å². The van der Waals surface area contributed by atoms with Crippen molar-refractivity contribution >= 4 is 10.0 Å². The van der Waals surface area contributed by atoms with Gasteiger partial charge in [-0.3, -0.25) is 0 Å². The molecule has 1 atom stereocenters. The lowest BCUT2D eigenvalue weighted by molar-refractivity contribution is 0.353. The van der Waals surface area contributed by atoms with E-state index < -0.39 is 15.6 Å². The van der Waals surface area contributed by atoms with Crippen molar-refractivity contribution in [2.75, 3.05) is 20.8 Å². The van der Waals surface area contributed by atoms with E-state index in [9.17, 15) is 8.42 Å². The SMILES string of the molecule is COc1cc(C)c(S(=O)(=O)NC(C)(CN)C2CC2)cc1OC. The molecular formula is C15H24N2O4S. The number of ether oxygens (including phenoxy) is 2. The van der Waals surface area contributed by atoms with Crippen molar-refractivity contribution in [2.24, 2.45) is 11.7 Å². The zero-order valence-electron chi connectivity index (χ0n) is 13.5. The van der Waals surface area contributed by atoms with Gasteiger partial charge in [0.2, 0.25) is 10.0 Å². The second-order valence-corrected chi connectivity index (χ2v) is 7.62. The number of nitrogens with two attached hydrogens (primary N) is 1. The third-order valence-electron chi connectivity index (χ3n) is 4.24. The smallest absolute Gasteiger partial charge is 0.241 e. The fourth-order valence-corrected chi connectivity index (χ4v) is 4.34. The molecule has 1 aromatic carbocycles. The summed E-state index contributed by atoms with van der Waals surface area (Å²) in [6.45, 7) is 3.86. The van der Waals surface area contributed by atoms with Crippen LogP contribution in [0.15, 0.2) is 17.0 Å². The van der Waals surface area contributed by atoms with Crippen LogP contribution in [0.3, 0.4) is 0 Å². The minimum Gasteiger partial charge on any atom is -0.493 e. The Hall–Kier alpha value is -1.31. The Kier molecular flexibility index (Phi) is 4.70. The van der Waals surface area contributed by atoms with Crippen LogP contribution in [-0.2, 0) is 10.0 Å². The number of aryl methyl sites for hydroxylation is 1. The lowest BCUT2D eigenvalue weighted by Gasteiger charge is -2.29. The maximum absolute atomic E-state index is 12.8. The summed E-state index contributed by atoms with van der Waals surface area (Å²) in [6, 6.07) is 3.14. The van der Waals surface area contributed by atoms with Crippen molar-refractivity contribution in [1.29, 1.82) is 0 Å². The van der Waals surface area contributed by atoms with Gasteiger partial charge < -0.3 is 15.2 Å². The molecule has 7 heteroatoms. The van der Waals surface area contributed by atoms with Crippen LogP contribution in [0.2, 0.25) is 0 Å². The first kappa shape index (κ1) is 17.1. The van der Waals surface area contributed by atoms with E-state index in [2.05, 4.69) is 4.72 Å². The van der Waals surface area contributed by atoms with Crippen molar-refractivity contribution < 1.29 is 17.9 Å². The largest absolute Gasteiger partial charge is 0.493 e. The Morgan fingerprint density at radius 3 is 2.27 bits per heavy atom. The first-order valence-electron chi connectivity index (χ1n) is 7.24. The van der Waals surface area contributed by atoms with Gasteiger partial charge in [-0.25, -0.2) is 13.1 Å². The maximum Gasteiger partial charge on any atom is 0.241 e. The number of sulfonamides is 1. The third kappa shape index (κ3) is 3.21. The van der Waals surface area contributed by atoms with E-state index in [0.29, 0.717) is 23.0 Å². The number of nitrogens with one attached hydrogen (secondary N) is 1. The third-order valence-corrected chi connectivity index (χ3v) is 5.99.